The van der Waals surface area contributed by atoms with Gasteiger partial charge in [0.2, 0.25) is 0 Å². The van der Waals surface area contributed by atoms with Crippen LogP contribution in [0.1, 0.15) is 0 Å². The summed E-state index contributed by atoms with van der Waals surface area (Å²) < 4.78 is 24.9. The molecule has 1 rings (SSSR count). The Bertz CT molecular complexity index is 434. The summed E-state index contributed by atoms with van der Waals surface area (Å²) in [6.07, 6.45) is -1.61. The van der Waals surface area contributed by atoms with Crippen molar-refractivity contribution in [2.75, 3.05) is 24.6 Å². The van der Waals surface area contributed by atoms with E-state index in [1.165, 1.54) is 6.07 Å². The van der Waals surface area contributed by atoms with Gasteiger partial charge in [0.15, 0.2) is 0 Å². The molecular formula is C9H10BrF2N3O3. The number of hydrogen-bond acceptors (Lipinski definition) is 5. The summed E-state index contributed by atoms with van der Waals surface area (Å²) in [4.78, 5) is 14.8. The maximum Gasteiger partial charge on any atom is 0.288 e. The van der Waals surface area contributed by atoms with E-state index < -0.39 is 17.9 Å². The van der Waals surface area contributed by atoms with Gasteiger partial charge in [0.1, 0.15) is 12.0 Å². The molecule has 1 aromatic heterocycles. The molecule has 0 saturated heterocycles. The first-order valence-corrected chi connectivity index (χ1v) is 5.69. The monoisotopic (exact) mass is 325 g/mol. The molecule has 0 spiro atoms. The molecule has 100 valence electrons. The first kappa shape index (κ1) is 14.7. The number of nitro groups is 1. The molecule has 0 atom stereocenters. The minimum Gasteiger partial charge on any atom is -0.395 e. The molecule has 0 aliphatic rings. The van der Waals surface area contributed by atoms with E-state index in [1.54, 1.807) is 0 Å². The first-order chi connectivity index (χ1) is 8.45. The van der Waals surface area contributed by atoms with Crippen LogP contribution in [-0.2, 0) is 0 Å². The van der Waals surface area contributed by atoms with Crippen LogP contribution in [0.3, 0.4) is 0 Å². The summed E-state index contributed by atoms with van der Waals surface area (Å²) in [5, 5.41) is 19.3. The molecule has 6 nitrogen and oxygen atoms in total. The molecule has 9 heteroatoms. The van der Waals surface area contributed by atoms with Crippen LogP contribution >= 0.6 is 15.9 Å². The van der Waals surface area contributed by atoms with Gasteiger partial charge in [0, 0.05) is 12.6 Å². The van der Waals surface area contributed by atoms with Gasteiger partial charge >= 0.3 is 0 Å². The summed E-state index contributed by atoms with van der Waals surface area (Å²) in [6.45, 7) is -0.963. The smallest absolute Gasteiger partial charge is 0.288 e. The van der Waals surface area contributed by atoms with Crippen molar-refractivity contribution >= 4 is 27.4 Å². The van der Waals surface area contributed by atoms with Crippen LogP contribution in [0, 0.1) is 10.1 Å². The second kappa shape index (κ2) is 6.55. The van der Waals surface area contributed by atoms with Gasteiger partial charge in [-0.2, -0.15) is 0 Å². The van der Waals surface area contributed by atoms with E-state index >= 15 is 0 Å². The Hall–Kier alpha value is -1.35. The normalized spacial score (nSPS) is 10.7. The van der Waals surface area contributed by atoms with Crippen molar-refractivity contribution in [2.45, 2.75) is 6.43 Å². The molecular weight excluding hydrogens is 316 g/mol. The fourth-order valence-corrected chi connectivity index (χ4v) is 1.91. The lowest BCUT2D eigenvalue weighted by molar-refractivity contribution is -0.385. The molecule has 1 N–H and O–H groups in total. The van der Waals surface area contributed by atoms with Gasteiger partial charge in [-0.3, -0.25) is 10.1 Å². The van der Waals surface area contributed by atoms with Crippen molar-refractivity contribution < 1.29 is 18.8 Å². The molecule has 18 heavy (non-hydrogen) atoms. The van der Waals surface area contributed by atoms with E-state index in [-0.39, 0.29) is 29.1 Å². The van der Waals surface area contributed by atoms with Crippen LogP contribution in [0.4, 0.5) is 20.3 Å². The van der Waals surface area contributed by atoms with E-state index in [1.807, 2.05) is 0 Å². The third-order valence-corrected chi connectivity index (χ3v) is 2.63. The zero-order valence-electron chi connectivity index (χ0n) is 9.09. The van der Waals surface area contributed by atoms with Gasteiger partial charge in [-0.25, -0.2) is 13.8 Å². The number of hydrogen-bond donors (Lipinski definition) is 1. The fourth-order valence-electron chi connectivity index (χ4n) is 1.32. The Morgan fingerprint density at radius 2 is 2.28 bits per heavy atom. The largest absolute Gasteiger partial charge is 0.395 e. The van der Waals surface area contributed by atoms with Crippen molar-refractivity contribution in [3.05, 3.63) is 26.9 Å². The molecule has 1 heterocycles. The van der Waals surface area contributed by atoms with Crippen molar-refractivity contribution in [3.63, 3.8) is 0 Å². The third-order valence-electron chi connectivity index (χ3n) is 2.05. The lowest BCUT2D eigenvalue weighted by atomic mass is 10.3. The highest BCUT2D eigenvalue weighted by Gasteiger charge is 2.18. The predicted octanol–water partition coefficient (Wildman–Crippen LogP) is 1.82. The van der Waals surface area contributed by atoms with Crippen molar-refractivity contribution in [2.24, 2.45) is 0 Å². The standard InChI is InChI=1S/C9H10BrF2N3O3/c10-7-3-6(15(17)18)4-13-9(7)14(1-2-16)5-8(11)12/h3-4,8,16H,1-2,5H2. The molecule has 0 saturated carbocycles. The highest BCUT2D eigenvalue weighted by Crippen LogP contribution is 2.27. The SMILES string of the molecule is O=[N+]([O-])c1cnc(N(CCO)CC(F)F)c(Br)c1. The Morgan fingerprint density at radius 1 is 1.61 bits per heavy atom. The minimum atomic E-state index is -2.60. The Morgan fingerprint density at radius 3 is 2.72 bits per heavy atom. The number of aromatic nitrogens is 1. The van der Waals surface area contributed by atoms with E-state index in [2.05, 4.69) is 20.9 Å². The molecule has 0 aliphatic heterocycles. The average Bonchev–Trinajstić information content (AvgIpc) is 2.27. The summed E-state index contributed by atoms with van der Waals surface area (Å²) in [6, 6.07) is 1.18. The summed E-state index contributed by atoms with van der Waals surface area (Å²) >= 11 is 3.04. The van der Waals surface area contributed by atoms with Crippen LogP contribution < -0.4 is 4.90 Å². The number of alkyl halides is 2. The van der Waals surface area contributed by atoms with Crippen LogP contribution in [0.15, 0.2) is 16.7 Å². The summed E-state index contributed by atoms with van der Waals surface area (Å²) in [7, 11) is 0. The van der Waals surface area contributed by atoms with Crippen LogP contribution in [0.25, 0.3) is 0 Å². The van der Waals surface area contributed by atoms with Gasteiger partial charge in [-0.1, -0.05) is 0 Å². The lowest BCUT2D eigenvalue weighted by Crippen LogP contribution is -2.32. The maximum atomic E-state index is 12.4. The second-order valence-electron chi connectivity index (χ2n) is 3.32. The van der Waals surface area contributed by atoms with Gasteiger partial charge < -0.3 is 10.0 Å². The lowest BCUT2D eigenvalue weighted by Gasteiger charge is -2.23. The van der Waals surface area contributed by atoms with E-state index in [0.717, 1.165) is 11.1 Å². The summed E-state index contributed by atoms with van der Waals surface area (Å²) in [5.74, 6) is 0.134. The Balaban J connectivity index is 3.01. The van der Waals surface area contributed by atoms with E-state index in [9.17, 15) is 18.9 Å². The average molecular weight is 326 g/mol. The fraction of sp³-hybridized carbons (Fsp3) is 0.444. The number of pyridine rings is 1. The topological polar surface area (TPSA) is 79.5 Å². The number of nitrogens with zero attached hydrogens (tertiary/aromatic N) is 3. The molecule has 0 aromatic carbocycles. The predicted molar refractivity (Wildman–Crippen MR) is 63.9 cm³/mol. The second-order valence-corrected chi connectivity index (χ2v) is 4.17. The quantitative estimate of drug-likeness (QED) is 0.637. The zero-order valence-corrected chi connectivity index (χ0v) is 10.7. The third kappa shape index (κ3) is 3.84. The number of anilines is 1. The highest BCUT2D eigenvalue weighted by atomic mass is 79.9. The van der Waals surface area contributed by atoms with Crippen molar-refractivity contribution in [1.29, 1.82) is 0 Å². The Labute approximate surface area is 110 Å². The van der Waals surface area contributed by atoms with Crippen molar-refractivity contribution in [1.82, 2.24) is 4.98 Å². The number of aliphatic hydroxyl groups excluding tert-OH is 1. The van der Waals surface area contributed by atoms with Gasteiger partial charge in [0.25, 0.3) is 12.1 Å². The van der Waals surface area contributed by atoms with Crippen LogP contribution in [0.5, 0.6) is 0 Å². The summed E-state index contributed by atoms with van der Waals surface area (Å²) in [5.41, 5.74) is -0.244. The number of halogens is 3. The zero-order chi connectivity index (χ0) is 13.7. The Kier molecular flexibility index (Phi) is 5.35. The minimum absolute atomic E-state index is 0.0340. The van der Waals surface area contributed by atoms with Crippen molar-refractivity contribution in [3.8, 4) is 0 Å². The van der Waals surface area contributed by atoms with Gasteiger partial charge in [-0.05, 0) is 15.9 Å². The van der Waals surface area contributed by atoms with Gasteiger partial charge in [0.05, 0.1) is 22.5 Å². The van der Waals surface area contributed by atoms with E-state index in [4.69, 9.17) is 5.11 Å². The van der Waals surface area contributed by atoms with Gasteiger partial charge in [-0.15, -0.1) is 0 Å². The molecule has 0 radical (unpaired) electrons. The first-order valence-electron chi connectivity index (χ1n) is 4.89. The molecule has 0 unspecified atom stereocenters. The molecule has 0 aliphatic carbocycles. The number of rotatable bonds is 6. The molecule has 1 aromatic rings. The van der Waals surface area contributed by atoms with E-state index in [0.29, 0.717) is 0 Å². The highest BCUT2D eigenvalue weighted by molar-refractivity contribution is 9.10. The number of aliphatic hydroxyl groups is 1. The molecule has 0 bridgehead atoms. The van der Waals surface area contributed by atoms with Crippen LogP contribution in [-0.4, -0.2) is 41.1 Å². The molecule has 0 amide bonds. The maximum absolute atomic E-state index is 12.4. The molecule has 0 fully saturated rings. The van der Waals surface area contributed by atoms with Crippen LogP contribution in [0.2, 0.25) is 0 Å².